The van der Waals surface area contributed by atoms with Crippen molar-refractivity contribution in [3.8, 4) is 0 Å². The van der Waals surface area contributed by atoms with Gasteiger partial charge in [0.05, 0.1) is 26.4 Å². The number of nitrogens with zero attached hydrogens (tertiary/aromatic N) is 1. The molecule has 0 bridgehead atoms. The first-order chi connectivity index (χ1) is 14.1. The summed E-state index contributed by atoms with van der Waals surface area (Å²) in [4.78, 5) is 12.8. The maximum absolute atomic E-state index is 12.2. The van der Waals surface area contributed by atoms with Crippen LogP contribution in [0.15, 0.2) is 36.4 Å². The molecule has 0 saturated carbocycles. The summed E-state index contributed by atoms with van der Waals surface area (Å²) in [6.07, 6.45) is 0.338. The lowest BCUT2D eigenvalue weighted by Crippen LogP contribution is -2.45. The molecule has 3 aliphatic heterocycles. The summed E-state index contributed by atoms with van der Waals surface area (Å²) in [5.74, 6) is -0.0705. The van der Waals surface area contributed by atoms with Gasteiger partial charge in [-0.2, -0.15) is 0 Å². The van der Waals surface area contributed by atoms with E-state index in [-0.39, 0.29) is 5.92 Å². The number of hydrogen-bond donors (Lipinski definition) is 2. The van der Waals surface area contributed by atoms with Crippen LogP contribution in [0.1, 0.15) is 46.2 Å². The van der Waals surface area contributed by atoms with Crippen molar-refractivity contribution in [2.45, 2.75) is 44.9 Å². The van der Waals surface area contributed by atoms with Gasteiger partial charge in [0.1, 0.15) is 5.60 Å². The van der Waals surface area contributed by atoms with Crippen molar-refractivity contribution in [1.82, 2.24) is 4.90 Å². The van der Waals surface area contributed by atoms with Crippen LogP contribution in [0.3, 0.4) is 0 Å². The highest BCUT2D eigenvalue weighted by atomic mass is 16.5. The number of piperidine rings is 1. The molecule has 2 N–H and O–H groups in total. The first kappa shape index (κ1) is 18.6. The molecular weight excluding hydrogens is 370 g/mol. The van der Waals surface area contributed by atoms with E-state index in [2.05, 4.69) is 12.1 Å². The Morgan fingerprint density at radius 3 is 1.83 bits per heavy atom. The van der Waals surface area contributed by atoms with Gasteiger partial charge in [0, 0.05) is 13.1 Å². The molecule has 5 rings (SSSR count). The average molecular weight is 395 g/mol. The van der Waals surface area contributed by atoms with Crippen molar-refractivity contribution in [2.24, 2.45) is 5.92 Å². The van der Waals surface area contributed by atoms with E-state index in [0.29, 0.717) is 52.4 Å². The molecule has 0 aliphatic carbocycles. The van der Waals surface area contributed by atoms with Crippen LogP contribution in [-0.4, -0.2) is 34.3 Å². The number of carbonyl (C=O) groups is 1. The minimum atomic E-state index is -1.18. The van der Waals surface area contributed by atoms with Crippen molar-refractivity contribution >= 4 is 6.09 Å². The number of ether oxygens (including phenoxy) is 2. The highest BCUT2D eigenvalue weighted by Crippen LogP contribution is 2.44. The first-order valence-corrected chi connectivity index (χ1v) is 10.2. The summed E-state index contributed by atoms with van der Waals surface area (Å²) < 4.78 is 11.1. The smallest absolute Gasteiger partial charge is 0.407 e. The van der Waals surface area contributed by atoms with Crippen molar-refractivity contribution in [2.75, 3.05) is 13.1 Å². The third-order valence-corrected chi connectivity index (χ3v) is 6.68. The molecule has 2 aromatic carbocycles. The van der Waals surface area contributed by atoms with Crippen LogP contribution in [0.4, 0.5) is 4.79 Å². The molecule has 6 heteroatoms. The Bertz CT molecular complexity index is 891. The number of aliphatic hydroxyl groups is 1. The molecule has 0 aromatic heterocycles. The number of benzene rings is 2. The van der Waals surface area contributed by atoms with E-state index in [9.17, 15) is 15.0 Å². The second kappa shape index (κ2) is 7.13. The Kier molecular flexibility index (Phi) is 4.57. The highest BCUT2D eigenvalue weighted by Gasteiger charge is 2.43. The SMILES string of the molecule is O=C(O)N1CCC(C(O)(c2ccc3c(c2)COC3)c2ccc3c(c2)COC3)CC1. The van der Waals surface area contributed by atoms with Gasteiger partial charge in [0.15, 0.2) is 0 Å². The van der Waals surface area contributed by atoms with E-state index in [4.69, 9.17) is 9.47 Å². The van der Waals surface area contributed by atoms with Gasteiger partial charge >= 0.3 is 6.09 Å². The number of rotatable bonds is 3. The zero-order valence-corrected chi connectivity index (χ0v) is 16.3. The maximum Gasteiger partial charge on any atom is 0.407 e. The molecule has 0 atom stereocenters. The van der Waals surface area contributed by atoms with Gasteiger partial charge in [-0.3, -0.25) is 0 Å². The van der Waals surface area contributed by atoms with Gasteiger partial charge in [-0.25, -0.2) is 4.79 Å². The Morgan fingerprint density at radius 2 is 1.34 bits per heavy atom. The molecule has 0 unspecified atom stereocenters. The number of hydrogen-bond acceptors (Lipinski definition) is 4. The van der Waals surface area contributed by atoms with Gasteiger partial charge in [0.25, 0.3) is 0 Å². The Morgan fingerprint density at radius 1 is 0.862 bits per heavy atom. The predicted molar refractivity (Wildman–Crippen MR) is 105 cm³/mol. The molecule has 0 spiro atoms. The zero-order valence-electron chi connectivity index (χ0n) is 16.3. The van der Waals surface area contributed by atoms with Crippen LogP contribution in [-0.2, 0) is 41.5 Å². The van der Waals surface area contributed by atoms with Crippen molar-refractivity contribution in [3.05, 3.63) is 69.8 Å². The normalized spacial score (nSPS) is 19.3. The first-order valence-electron chi connectivity index (χ1n) is 10.2. The number of likely N-dealkylation sites (tertiary alicyclic amines) is 1. The summed E-state index contributed by atoms with van der Waals surface area (Å²) in [7, 11) is 0. The van der Waals surface area contributed by atoms with Crippen LogP contribution in [0.25, 0.3) is 0 Å². The van der Waals surface area contributed by atoms with Crippen LogP contribution in [0.2, 0.25) is 0 Å². The molecule has 29 heavy (non-hydrogen) atoms. The molecule has 1 saturated heterocycles. The van der Waals surface area contributed by atoms with Gasteiger partial charge < -0.3 is 24.6 Å². The van der Waals surface area contributed by atoms with E-state index in [1.54, 1.807) is 0 Å². The maximum atomic E-state index is 12.2. The zero-order chi connectivity index (χ0) is 20.0. The van der Waals surface area contributed by atoms with Crippen molar-refractivity contribution < 1.29 is 24.5 Å². The van der Waals surface area contributed by atoms with E-state index in [1.807, 2.05) is 24.3 Å². The van der Waals surface area contributed by atoms with E-state index in [0.717, 1.165) is 22.3 Å². The van der Waals surface area contributed by atoms with Crippen LogP contribution in [0, 0.1) is 5.92 Å². The quantitative estimate of drug-likeness (QED) is 0.833. The fourth-order valence-corrected chi connectivity index (χ4v) is 4.94. The van der Waals surface area contributed by atoms with E-state index in [1.165, 1.54) is 16.0 Å². The summed E-state index contributed by atoms with van der Waals surface area (Å²) >= 11 is 0. The van der Waals surface area contributed by atoms with E-state index >= 15 is 0 Å². The minimum Gasteiger partial charge on any atom is -0.465 e. The number of fused-ring (bicyclic) bond motifs is 2. The Hall–Kier alpha value is -2.41. The Balaban J connectivity index is 1.57. The molecule has 3 aliphatic rings. The van der Waals surface area contributed by atoms with Crippen LogP contribution in [0.5, 0.6) is 0 Å². The number of carboxylic acid groups (broad SMARTS) is 1. The topological polar surface area (TPSA) is 79.2 Å². The second-order valence-corrected chi connectivity index (χ2v) is 8.26. The molecule has 2 aromatic rings. The summed E-state index contributed by atoms with van der Waals surface area (Å²) in [5, 5.41) is 21.5. The van der Waals surface area contributed by atoms with Crippen LogP contribution < -0.4 is 0 Å². The summed E-state index contributed by atoms with van der Waals surface area (Å²) in [6.45, 7) is 3.22. The molecule has 1 amide bonds. The predicted octanol–water partition coefficient (Wildman–Crippen LogP) is 3.37. The van der Waals surface area contributed by atoms with Gasteiger partial charge in [-0.1, -0.05) is 24.3 Å². The molecular formula is C23H25NO5. The van der Waals surface area contributed by atoms with Gasteiger partial charge in [-0.05, 0) is 64.3 Å². The van der Waals surface area contributed by atoms with Crippen LogP contribution >= 0.6 is 0 Å². The lowest BCUT2D eigenvalue weighted by molar-refractivity contribution is -0.0122. The monoisotopic (exact) mass is 395 g/mol. The molecule has 1 fully saturated rings. The fraction of sp³-hybridized carbons (Fsp3) is 0.435. The minimum absolute atomic E-state index is 0.0705. The average Bonchev–Trinajstić information content (AvgIpc) is 3.41. The molecule has 6 nitrogen and oxygen atoms in total. The third kappa shape index (κ3) is 3.12. The largest absolute Gasteiger partial charge is 0.465 e. The van der Waals surface area contributed by atoms with Gasteiger partial charge in [0.2, 0.25) is 0 Å². The summed E-state index contributed by atoms with van der Waals surface area (Å²) in [5.41, 5.74) is 5.10. The Labute approximate surface area is 169 Å². The standard InChI is InChI=1S/C23H25NO5/c25-22(26)24-7-5-19(6-8-24)23(27,20-3-1-15-11-28-13-17(15)9-20)21-4-2-16-12-29-14-18(16)10-21/h1-4,9-10,19,27H,5-8,11-14H2,(H,25,26). The fourth-order valence-electron chi connectivity index (χ4n) is 4.94. The third-order valence-electron chi connectivity index (χ3n) is 6.68. The second-order valence-electron chi connectivity index (χ2n) is 8.26. The van der Waals surface area contributed by atoms with Crippen molar-refractivity contribution in [1.29, 1.82) is 0 Å². The molecule has 152 valence electrons. The summed E-state index contributed by atoms with van der Waals surface area (Å²) in [6, 6.07) is 12.2. The molecule has 0 radical (unpaired) electrons. The van der Waals surface area contributed by atoms with Crippen molar-refractivity contribution in [3.63, 3.8) is 0 Å². The lowest BCUT2D eigenvalue weighted by Gasteiger charge is -2.42. The highest BCUT2D eigenvalue weighted by molar-refractivity contribution is 5.65. The number of amides is 1. The van der Waals surface area contributed by atoms with E-state index < -0.39 is 11.7 Å². The molecule has 3 heterocycles. The lowest BCUT2D eigenvalue weighted by atomic mass is 9.71. The van der Waals surface area contributed by atoms with Gasteiger partial charge in [-0.15, -0.1) is 0 Å².